The molecular weight excluding hydrogens is 262 g/mol. The first kappa shape index (κ1) is 15.9. The molecule has 1 saturated heterocycles. The summed E-state index contributed by atoms with van der Waals surface area (Å²) in [6.07, 6.45) is 5.69. The van der Waals surface area contributed by atoms with Gasteiger partial charge in [-0.25, -0.2) is 0 Å². The molecule has 0 saturated carbocycles. The lowest BCUT2D eigenvalue weighted by Crippen LogP contribution is -2.31. The van der Waals surface area contributed by atoms with Gasteiger partial charge in [-0.1, -0.05) is 18.3 Å². The maximum Gasteiger partial charge on any atom is 0.119 e. The summed E-state index contributed by atoms with van der Waals surface area (Å²) >= 11 is 0. The second-order valence-electron chi connectivity index (χ2n) is 5.40. The summed E-state index contributed by atoms with van der Waals surface area (Å²) in [5.74, 6) is 6.83. The molecule has 1 aromatic carbocycles. The molecule has 0 radical (unpaired) electrons. The van der Waals surface area contributed by atoms with E-state index in [9.17, 15) is 0 Å². The standard InChI is InChI=1S/C18H25NO2/c20-15-5-2-7-17-8-10-18(11-9-17)21-16-6-14-19-12-3-1-4-13-19/h8-11,20H,1,3-6,12-16H2. The number of aliphatic hydroxyl groups excluding tert-OH is 1. The Kier molecular flexibility index (Phi) is 7.14. The van der Waals surface area contributed by atoms with E-state index in [-0.39, 0.29) is 6.61 Å². The molecule has 0 unspecified atom stereocenters. The lowest BCUT2D eigenvalue weighted by atomic mass is 10.1. The van der Waals surface area contributed by atoms with Crippen LogP contribution in [0.3, 0.4) is 0 Å². The number of nitrogens with zero attached hydrogens (tertiary/aromatic N) is 1. The van der Waals surface area contributed by atoms with Crippen molar-refractivity contribution in [2.45, 2.75) is 32.1 Å². The molecule has 114 valence electrons. The molecule has 2 rings (SSSR count). The Morgan fingerprint density at radius 1 is 1.10 bits per heavy atom. The predicted octanol–water partition coefficient (Wildman–Crippen LogP) is 2.68. The lowest BCUT2D eigenvalue weighted by Gasteiger charge is -2.26. The third-order valence-electron chi connectivity index (χ3n) is 3.66. The number of likely N-dealkylation sites (tertiary alicyclic amines) is 1. The van der Waals surface area contributed by atoms with Crippen LogP contribution in [0.25, 0.3) is 0 Å². The maximum atomic E-state index is 8.68. The molecule has 1 fully saturated rings. The summed E-state index contributed by atoms with van der Waals surface area (Å²) < 4.78 is 5.76. The van der Waals surface area contributed by atoms with Crippen molar-refractivity contribution in [2.75, 3.05) is 32.8 Å². The van der Waals surface area contributed by atoms with Crippen molar-refractivity contribution >= 4 is 0 Å². The molecule has 0 aromatic heterocycles. The molecule has 0 atom stereocenters. The number of aliphatic hydroxyl groups is 1. The zero-order chi connectivity index (χ0) is 14.8. The van der Waals surface area contributed by atoms with Gasteiger partial charge in [0.2, 0.25) is 0 Å². The summed E-state index contributed by atoms with van der Waals surface area (Å²) in [7, 11) is 0. The third kappa shape index (κ3) is 6.20. The molecule has 1 aliphatic heterocycles. The highest BCUT2D eigenvalue weighted by Crippen LogP contribution is 2.13. The van der Waals surface area contributed by atoms with E-state index < -0.39 is 0 Å². The van der Waals surface area contributed by atoms with Gasteiger partial charge in [-0.15, -0.1) is 0 Å². The summed E-state index contributed by atoms with van der Waals surface area (Å²) in [5, 5.41) is 8.68. The van der Waals surface area contributed by atoms with Crippen LogP contribution in [0.1, 0.15) is 37.7 Å². The number of hydrogen-bond acceptors (Lipinski definition) is 3. The molecule has 1 N–H and O–H groups in total. The molecule has 0 aliphatic carbocycles. The fourth-order valence-corrected chi connectivity index (χ4v) is 2.52. The maximum absolute atomic E-state index is 8.68. The van der Waals surface area contributed by atoms with E-state index >= 15 is 0 Å². The van der Waals surface area contributed by atoms with Gasteiger partial charge in [-0.05, 0) is 56.6 Å². The largest absolute Gasteiger partial charge is 0.494 e. The van der Waals surface area contributed by atoms with E-state index in [0.717, 1.165) is 30.9 Å². The van der Waals surface area contributed by atoms with Gasteiger partial charge >= 0.3 is 0 Å². The van der Waals surface area contributed by atoms with Gasteiger partial charge < -0.3 is 14.7 Å². The Morgan fingerprint density at radius 2 is 1.86 bits per heavy atom. The Balaban J connectivity index is 1.65. The zero-order valence-electron chi connectivity index (χ0n) is 12.7. The summed E-state index contributed by atoms with van der Waals surface area (Å²) in [6, 6.07) is 7.85. The van der Waals surface area contributed by atoms with Crippen molar-refractivity contribution in [3.8, 4) is 17.6 Å². The van der Waals surface area contributed by atoms with Crippen molar-refractivity contribution in [1.82, 2.24) is 4.90 Å². The van der Waals surface area contributed by atoms with Crippen LogP contribution in [0, 0.1) is 11.8 Å². The first-order valence-corrected chi connectivity index (χ1v) is 7.93. The highest BCUT2D eigenvalue weighted by atomic mass is 16.5. The van der Waals surface area contributed by atoms with E-state index in [0.29, 0.717) is 6.42 Å². The van der Waals surface area contributed by atoms with Crippen LogP contribution < -0.4 is 4.74 Å². The molecule has 0 spiro atoms. The highest BCUT2D eigenvalue weighted by Gasteiger charge is 2.08. The molecular formula is C18H25NO2. The monoisotopic (exact) mass is 287 g/mol. The Hall–Kier alpha value is -1.50. The average molecular weight is 287 g/mol. The molecule has 21 heavy (non-hydrogen) atoms. The van der Waals surface area contributed by atoms with E-state index in [2.05, 4.69) is 16.7 Å². The van der Waals surface area contributed by atoms with Crippen LogP contribution >= 0.6 is 0 Å². The normalized spacial score (nSPS) is 15.3. The van der Waals surface area contributed by atoms with Crippen LogP contribution in [-0.2, 0) is 0 Å². The minimum atomic E-state index is 0.116. The summed E-state index contributed by atoms with van der Waals surface area (Å²) in [5.41, 5.74) is 0.962. The number of piperidine rings is 1. The molecule has 1 heterocycles. The molecule has 0 amide bonds. The van der Waals surface area contributed by atoms with Crippen molar-refractivity contribution in [3.63, 3.8) is 0 Å². The van der Waals surface area contributed by atoms with Crippen LogP contribution in [-0.4, -0.2) is 42.9 Å². The number of benzene rings is 1. The third-order valence-corrected chi connectivity index (χ3v) is 3.66. The smallest absolute Gasteiger partial charge is 0.119 e. The minimum Gasteiger partial charge on any atom is -0.494 e. The molecule has 0 bridgehead atoms. The van der Waals surface area contributed by atoms with Crippen LogP contribution in [0.5, 0.6) is 5.75 Å². The fourth-order valence-electron chi connectivity index (χ4n) is 2.52. The topological polar surface area (TPSA) is 32.7 Å². The Bertz CT molecular complexity index is 452. The number of hydrogen-bond donors (Lipinski definition) is 1. The minimum absolute atomic E-state index is 0.116. The predicted molar refractivity (Wildman–Crippen MR) is 85.4 cm³/mol. The second kappa shape index (κ2) is 9.44. The van der Waals surface area contributed by atoms with Crippen LogP contribution in [0.4, 0.5) is 0 Å². The zero-order valence-corrected chi connectivity index (χ0v) is 12.7. The van der Waals surface area contributed by atoms with Crippen molar-refractivity contribution in [2.24, 2.45) is 0 Å². The quantitative estimate of drug-likeness (QED) is 0.645. The van der Waals surface area contributed by atoms with Gasteiger partial charge in [-0.2, -0.15) is 0 Å². The molecule has 3 nitrogen and oxygen atoms in total. The van der Waals surface area contributed by atoms with Gasteiger partial charge in [0.25, 0.3) is 0 Å². The summed E-state index contributed by atoms with van der Waals surface area (Å²) in [6.45, 7) is 4.53. The SMILES string of the molecule is OCCC#Cc1ccc(OCCCN2CCCCC2)cc1. The fraction of sp³-hybridized carbons (Fsp3) is 0.556. The van der Waals surface area contributed by atoms with Crippen LogP contribution in [0.15, 0.2) is 24.3 Å². The van der Waals surface area contributed by atoms with E-state index in [1.165, 1.54) is 32.4 Å². The summed E-state index contributed by atoms with van der Waals surface area (Å²) in [4.78, 5) is 2.53. The molecule has 1 aliphatic rings. The molecule has 1 aromatic rings. The Labute approximate surface area is 127 Å². The Morgan fingerprint density at radius 3 is 2.57 bits per heavy atom. The van der Waals surface area contributed by atoms with Gasteiger partial charge in [0.1, 0.15) is 5.75 Å². The van der Waals surface area contributed by atoms with Crippen LogP contribution in [0.2, 0.25) is 0 Å². The van der Waals surface area contributed by atoms with Gasteiger partial charge in [0.15, 0.2) is 0 Å². The number of rotatable bonds is 6. The highest BCUT2D eigenvalue weighted by molar-refractivity contribution is 5.38. The van der Waals surface area contributed by atoms with Crippen molar-refractivity contribution < 1.29 is 9.84 Å². The average Bonchev–Trinajstić information content (AvgIpc) is 2.54. The van der Waals surface area contributed by atoms with E-state index in [4.69, 9.17) is 9.84 Å². The first-order chi connectivity index (χ1) is 10.4. The molecule has 3 heteroatoms. The van der Waals surface area contributed by atoms with E-state index in [1.54, 1.807) is 0 Å². The number of ether oxygens (including phenoxy) is 1. The first-order valence-electron chi connectivity index (χ1n) is 7.93. The van der Waals surface area contributed by atoms with Gasteiger partial charge in [0.05, 0.1) is 13.2 Å². The van der Waals surface area contributed by atoms with Gasteiger partial charge in [-0.3, -0.25) is 0 Å². The van der Waals surface area contributed by atoms with Crippen molar-refractivity contribution in [1.29, 1.82) is 0 Å². The van der Waals surface area contributed by atoms with E-state index in [1.807, 2.05) is 24.3 Å². The lowest BCUT2D eigenvalue weighted by molar-refractivity contribution is 0.205. The van der Waals surface area contributed by atoms with Gasteiger partial charge in [0, 0.05) is 18.5 Å². The van der Waals surface area contributed by atoms with Crippen molar-refractivity contribution in [3.05, 3.63) is 29.8 Å². The second-order valence-corrected chi connectivity index (χ2v) is 5.40.